The van der Waals surface area contributed by atoms with E-state index in [0.29, 0.717) is 4.90 Å². The van der Waals surface area contributed by atoms with Gasteiger partial charge < -0.3 is 0 Å². The third kappa shape index (κ3) is 2.18. The minimum atomic E-state index is -3.41. The Bertz CT molecular complexity index is 708. The molecule has 0 saturated heterocycles. The van der Waals surface area contributed by atoms with Gasteiger partial charge in [0.05, 0.1) is 4.90 Å². The molecule has 0 aromatic heterocycles. The van der Waals surface area contributed by atoms with E-state index >= 15 is 0 Å². The minimum absolute atomic E-state index is 0.123. The second-order valence-corrected chi connectivity index (χ2v) is 7.02. The number of hydrogen-bond donors (Lipinski definition) is 1. The van der Waals surface area contributed by atoms with Crippen molar-refractivity contribution in [3.63, 3.8) is 0 Å². The Hall–Kier alpha value is -0.910. The van der Waals surface area contributed by atoms with Gasteiger partial charge >= 0.3 is 0 Å². The Morgan fingerprint density at radius 1 is 1.06 bits per heavy atom. The van der Waals surface area contributed by atoms with Crippen LogP contribution >= 0.6 is 15.9 Å². The number of sulfonamides is 1. The summed E-state index contributed by atoms with van der Waals surface area (Å²) in [7, 11) is -3.41. The van der Waals surface area contributed by atoms with E-state index in [1.807, 2.05) is 24.3 Å². The molecule has 2 aromatic carbocycles. The largest absolute Gasteiger partial charge is 0.241 e. The molecule has 1 aliphatic rings. The zero-order valence-electron chi connectivity index (χ0n) is 9.56. The van der Waals surface area contributed by atoms with Crippen LogP contribution < -0.4 is 4.72 Å². The van der Waals surface area contributed by atoms with E-state index in [9.17, 15) is 8.42 Å². The van der Waals surface area contributed by atoms with Crippen molar-refractivity contribution < 1.29 is 8.42 Å². The van der Waals surface area contributed by atoms with E-state index in [2.05, 4.69) is 20.7 Å². The summed E-state index contributed by atoms with van der Waals surface area (Å²) in [6, 6.07) is 11.1. The lowest BCUT2D eigenvalue weighted by Crippen LogP contribution is -2.25. The average molecular weight is 326 g/mol. The Morgan fingerprint density at radius 2 is 1.72 bits per heavy atom. The molecule has 0 atom stereocenters. The SMILES string of the molecule is O=S(=O)(NC1CC1)c1ccc(Br)c2ccccc12. The molecular weight excluding hydrogens is 314 g/mol. The normalized spacial score (nSPS) is 16.1. The molecule has 0 amide bonds. The van der Waals surface area contributed by atoms with Gasteiger partial charge in [-0.05, 0) is 30.4 Å². The third-order valence-corrected chi connectivity index (χ3v) is 5.29. The molecule has 3 rings (SSSR count). The predicted molar refractivity (Wildman–Crippen MR) is 75.0 cm³/mol. The van der Waals surface area contributed by atoms with Crippen LogP contribution in [0.2, 0.25) is 0 Å². The van der Waals surface area contributed by atoms with Gasteiger partial charge in [0.15, 0.2) is 0 Å². The summed E-state index contributed by atoms with van der Waals surface area (Å²) in [4.78, 5) is 0.355. The fourth-order valence-electron chi connectivity index (χ4n) is 1.95. The van der Waals surface area contributed by atoms with Gasteiger partial charge in [-0.15, -0.1) is 0 Å². The van der Waals surface area contributed by atoms with Crippen LogP contribution in [0.5, 0.6) is 0 Å². The highest BCUT2D eigenvalue weighted by Gasteiger charge is 2.28. The first-order chi connectivity index (χ1) is 8.58. The smallest absolute Gasteiger partial charge is 0.208 e. The van der Waals surface area contributed by atoms with E-state index in [0.717, 1.165) is 28.1 Å². The molecule has 1 saturated carbocycles. The van der Waals surface area contributed by atoms with Crippen LogP contribution in [0.25, 0.3) is 10.8 Å². The molecule has 0 aliphatic heterocycles. The van der Waals surface area contributed by atoms with Gasteiger partial charge in [-0.2, -0.15) is 0 Å². The maximum atomic E-state index is 12.3. The molecule has 1 aliphatic carbocycles. The predicted octanol–water partition coefficient (Wildman–Crippen LogP) is 3.04. The molecule has 0 unspecified atom stereocenters. The zero-order valence-corrected chi connectivity index (χ0v) is 12.0. The molecular formula is C13H12BrNO2S. The molecule has 2 aromatic rings. The van der Waals surface area contributed by atoms with Crippen molar-refractivity contribution in [2.45, 2.75) is 23.8 Å². The maximum Gasteiger partial charge on any atom is 0.241 e. The molecule has 18 heavy (non-hydrogen) atoms. The summed E-state index contributed by atoms with van der Waals surface area (Å²) in [6.07, 6.45) is 1.88. The lowest BCUT2D eigenvalue weighted by Gasteiger charge is -2.09. The Morgan fingerprint density at radius 3 is 2.39 bits per heavy atom. The van der Waals surface area contributed by atoms with Crippen LogP contribution in [0.3, 0.4) is 0 Å². The Labute approximate surface area is 114 Å². The highest BCUT2D eigenvalue weighted by Crippen LogP contribution is 2.30. The fourth-order valence-corrected chi connectivity index (χ4v) is 3.95. The fraction of sp³-hybridized carbons (Fsp3) is 0.231. The molecule has 94 valence electrons. The molecule has 1 N–H and O–H groups in total. The van der Waals surface area contributed by atoms with Gasteiger partial charge in [0.2, 0.25) is 10.0 Å². The van der Waals surface area contributed by atoms with Gasteiger partial charge in [-0.1, -0.05) is 40.2 Å². The third-order valence-electron chi connectivity index (χ3n) is 3.02. The monoisotopic (exact) mass is 325 g/mol. The van der Waals surface area contributed by atoms with Gasteiger partial charge in [0.25, 0.3) is 0 Å². The summed E-state index contributed by atoms with van der Waals surface area (Å²) in [5.41, 5.74) is 0. The van der Waals surface area contributed by atoms with Crippen LogP contribution in [0.1, 0.15) is 12.8 Å². The van der Waals surface area contributed by atoms with E-state index in [1.165, 1.54) is 0 Å². The van der Waals surface area contributed by atoms with Crippen LogP contribution in [-0.4, -0.2) is 14.5 Å². The van der Waals surface area contributed by atoms with Crippen LogP contribution in [0.4, 0.5) is 0 Å². The molecule has 5 heteroatoms. The lowest BCUT2D eigenvalue weighted by atomic mass is 10.1. The van der Waals surface area contributed by atoms with Crippen molar-refractivity contribution in [3.8, 4) is 0 Å². The molecule has 0 heterocycles. The van der Waals surface area contributed by atoms with Crippen molar-refractivity contribution in [1.29, 1.82) is 0 Å². The van der Waals surface area contributed by atoms with Crippen molar-refractivity contribution in [3.05, 3.63) is 40.9 Å². The standard InChI is InChI=1S/C13H12BrNO2S/c14-12-7-8-13(11-4-2-1-3-10(11)12)18(16,17)15-9-5-6-9/h1-4,7-9,15H,5-6H2. The minimum Gasteiger partial charge on any atom is -0.208 e. The molecule has 0 spiro atoms. The number of rotatable bonds is 3. The van der Waals surface area contributed by atoms with Gasteiger partial charge in [0.1, 0.15) is 0 Å². The average Bonchev–Trinajstić information content (AvgIpc) is 3.12. The zero-order chi connectivity index (χ0) is 12.8. The molecule has 3 nitrogen and oxygen atoms in total. The number of nitrogens with one attached hydrogen (secondary N) is 1. The highest BCUT2D eigenvalue weighted by atomic mass is 79.9. The maximum absolute atomic E-state index is 12.3. The number of benzene rings is 2. The number of fused-ring (bicyclic) bond motifs is 1. The van der Waals surface area contributed by atoms with Crippen LogP contribution in [0, 0.1) is 0 Å². The first kappa shape index (κ1) is 12.1. The van der Waals surface area contributed by atoms with Gasteiger partial charge in [-0.25, -0.2) is 13.1 Å². The summed E-state index contributed by atoms with van der Waals surface area (Å²) >= 11 is 3.45. The molecule has 0 radical (unpaired) electrons. The summed E-state index contributed by atoms with van der Waals surface area (Å²) in [5.74, 6) is 0. The second kappa shape index (κ2) is 4.33. The molecule has 0 bridgehead atoms. The quantitative estimate of drug-likeness (QED) is 0.942. The lowest BCUT2D eigenvalue weighted by molar-refractivity contribution is 0.582. The van der Waals surface area contributed by atoms with Crippen molar-refractivity contribution in [1.82, 2.24) is 4.72 Å². The van der Waals surface area contributed by atoms with Crippen LogP contribution in [-0.2, 0) is 10.0 Å². The topological polar surface area (TPSA) is 46.2 Å². The summed E-state index contributed by atoms with van der Waals surface area (Å²) in [5, 5.41) is 1.66. The van der Waals surface area contributed by atoms with E-state index in [4.69, 9.17) is 0 Å². The number of hydrogen-bond acceptors (Lipinski definition) is 2. The first-order valence-electron chi connectivity index (χ1n) is 5.77. The van der Waals surface area contributed by atoms with Crippen molar-refractivity contribution in [2.75, 3.05) is 0 Å². The van der Waals surface area contributed by atoms with E-state index < -0.39 is 10.0 Å². The van der Waals surface area contributed by atoms with E-state index in [1.54, 1.807) is 12.1 Å². The summed E-state index contributed by atoms with van der Waals surface area (Å²) in [6.45, 7) is 0. The highest BCUT2D eigenvalue weighted by molar-refractivity contribution is 9.10. The van der Waals surface area contributed by atoms with Crippen molar-refractivity contribution >= 4 is 36.7 Å². The molecule has 1 fully saturated rings. The van der Waals surface area contributed by atoms with Crippen molar-refractivity contribution in [2.24, 2.45) is 0 Å². The van der Waals surface area contributed by atoms with Gasteiger partial charge in [-0.3, -0.25) is 0 Å². The second-order valence-electron chi connectivity index (χ2n) is 4.49. The van der Waals surface area contributed by atoms with Gasteiger partial charge in [0, 0.05) is 15.9 Å². The number of halogens is 1. The first-order valence-corrected chi connectivity index (χ1v) is 8.05. The van der Waals surface area contributed by atoms with Crippen LogP contribution in [0.15, 0.2) is 45.8 Å². The summed E-state index contributed by atoms with van der Waals surface area (Å²) < 4.78 is 28.2. The Kier molecular flexibility index (Phi) is 2.92. The van der Waals surface area contributed by atoms with E-state index in [-0.39, 0.29) is 6.04 Å². The Balaban J connectivity index is 2.20.